The molecular formula is C18H16Cl2F2N2O2. The van der Waals surface area contributed by atoms with Crippen LogP contribution in [-0.4, -0.2) is 18.9 Å². The molecule has 4 nitrogen and oxygen atoms in total. The van der Waals surface area contributed by atoms with Gasteiger partial charge in [0.05, 0.1) is 10.0 Å². The highest BCUT2D eigenvalue weighted by molar-refractivity contribution is 6.42. The number of likely N-dealkylation sites (N-methyl/N-ethyl adjacent to an activating group) is 1. The second kappa shape index (κ2) is 8.96. The van der Waals surface area contributed by atoms with Gasteiger partial charge in [-0.3, -0.25) is 9.59 Å². The Labute approximate surface area is 159 Å². The number of amides is 2. The third-order valence-corrected chi connectivity index (χ3v) is 4.60. The molecule has 1 atom stereocenters. The average molecular weight is 401 g/mol. The molecule has 2 N–H and O–H groups in total. The molecule has 0 aliphatic carbocycles. The van der Waals surface area contributed by atoms with Gasteiger partial charge in [0.1, 0.15) is 6.04 Å². The molecule has 26 heavy (non-hydrogen) atoms. The zero-order valence-corrected chi connectivity index (χ0v) is 15.3. The van der Waals surface area contributed by atoms with Crippen LogP contribution in [0.4, 0.5) is 8.78 Å². The second-order valence-electron chi connectivity index (χ2n) is 5.50. The van der Waals surface area contributed by atoms with E-state index in [1.54, 1.807) is 18.2 Å². The van der Waals surface area contributed by atoms with Gasteiger partial charge in [-0.1, -0.05) is 41.4 Å². The van der Waals surface area contributed by atoms with Crippen molar-refractivity contribution in [1.29, 1.82) is 0 Å². The van der Waals surface area contributed by atoms with Crippen LogP contribution in [0.3, 0.4) is 0 Å². The third-order valence-electron chi connectivity index (χ3n) is 3.74. The smallest absolute Gasteiger partial charge is 0.246 e. The highest BCUT2D eigenvalue weighted by Crippen LogP contribution is 2.26. The normalized spacial score (nSPS) is 11.7. The van der Waals surface area contributed by atoms with Crippen LogP contribution in [0.1, 0.15) is 23.6 Å². The van der Waals surface area contributed by atoms with Crippen LogP contribution < -0.4 is 10.6 Å². The van der Waals surface area contributed by atoms with E-state index in [-0.39, 0.29) is 12.0 Å². The summed E-state index contributed by atoms with van der Waals surface area (Å²) >= 11 is 12.0. The molecular weight excluding hydrogens is 385 g/mol. The first-order valence-corrected chi connectivity index (χ1v) is 8.48. The predicted molar refractivity (Wildman–Crippen MR) is 96.1 cm³/mol. The number of hydrogen-bond acceptors (Lipinski definition) is 2. The standard InChI is InChI=1S/C18H16Cl2F2N2O2/c1-23-18(26)17(11-5-7-13(21)14(22)9-11)24-15(25)8-6-10-3-2-4-12(19)16(10)20/h2-5,7,9,17H,6,8H2,1H3,(H,23,26)(H,24,25). The predicted octanol–water partition coefficient (Wildman–Crippen LogP) is 3.81. The van der Waals surface area contributed by atoms with Gasteiger partial charge in [0.15, 0.2) is 11.6 Å². The Kier molecular flexibility index (Phi) is 6.94. The SMILES string of the molecule is CNC(=O)C(NC(=O)CCc1cccc(Cl)c1Cl)c1ccc(F)c(F)c1. The maximum atomic E-state index is 13.4. The fraction of sp³-hybridized carbons (Fsp3) is 0.222. The highest BCUT2D eigenvalue weighted by Gasteiger charge is 2.23. The summed E-state index contributed by atoms with van der Waals surface area (Å²) in [7, 11) is 1.38. The Balaban J connectivity index is 2.10. The van der Waals surface area contributed by atoms with Crippen molar-refractivity contribution >= 4 is 35.0 Å². The van der Waals surface area contributed by atoms with Crippen molar-refractivity contribution in [2.24, 2.45) is 0 Å². The van der Waals surface area contributed by atoms with Gasteiger partial charge in [-0.15, -0.1) is 0 Å². The molecule has 0 aliphatic heterocycles. The Bertz CT molecular complexity index is 831. The van der Waals surface area contributed by atoms with Gasteiger partial charge in [0.2, 0.25) is 11.8 Å². The minimum absolute atomic E-state index is 0.0389. The van der Waals surface area contributed by atoms with Gasteiger partial charge in [-0.2, -0.15) is 0 Å². The molecule has 0 fully saturated rings. The van der Waals surface area contributed by atoms with E-state index in [2.05, 4.69) is 10.6 Å². The second-order valence-corrected chi connectivity index (χ2v) is 6.29. The van der Waals surface area contributed by atoms with E-state index in [9.17, 15) is 18.4 Å². The average Bonchev–Trinajstić information content (AvgIpc) is 2.62. The number of nitrogens with one attached hydrogen (secondary N) is 2. The summed E-state index contributed by atoms with van der Waals surface area (Å²) in [5, 5.41) is 5.65. The monoisotopic (exact) mass is 400 g/mol. The van der Waals surface area contributed by atoms with Gasteiger partial charge in [0.25, 0.3) is 0 Å². The lowest BCUT2D eigenvalue weighted by Crippen LogP contribution is -2.39. The quantitative estimate of drug-likeness (QED) is 0.774. The molecule has 0 bridgehead atoms. The van der Waals surface area contributed by atoms with Gasteiger partial charge in [0, 0.05) is 13.5 Å². The fourth-order valence-corrected chi connectivity index (χ4v) is 2.77. The maximum absolute atomic E-state index is 13.4. The minimum atomic E-state index is -1.14. The van der Waals surface area contributed by atoms with E-state index in [1.807, 2.05) is 0 Å². The summed E-state index contributed by atoms with van der Waals surface area (Å²) in [5.74, 6) is -3.13. The van der Waals surface area contributed by atoms with Crippen LogP contribution in [0.2, 0.25) is 10.0 Å². The molecule has 2 aromatic rings. The van der Waals surface area contributed by atoms with Gasteiger partial charge >= 0.3 is 0 Å². The van der Waals surface area contributed by atoms with Crippen molar-refractivity contribution in [3.8, 4) is 0 Å². The molecule has 0 aromatic heterocycles. The third kappa shape index (κ3) is 4.93. The van der Waals surface area contributed by atoms with Gasteiger partial charge in [-0.05, 0) is 35.7 Å². The summed E-state index contributed by atoms with van der Waals surface area (Å²) in [6.45, 7) is 0. The fourth-order valence-electron chi connectivity index (χ4n) is 2.36. The zero-order chi connectivity index (χ0) is 19.3. The summed E-state index contributed by atoms with van der Waals surface area (Å²) in [6, 6.07) is 6.98. The molecule has 0 heterocycles. The molecule has 0 radical (unpaired) electrons. The summed E-state index contributed by atoms with van der Waals surface area (Å²) in [4.78, 5) is 24.3. The summed E-state index contributed by atoms with van der Waals surface area (Å²) < 4.78 is 26.5. The molecule has 0 saturated carbocycles. The Morgan fingerprint density at radius 2 is 1.85 bits per heavy atom. The van der Waals surface area contributed by atoms with E-state index in [0.29, 0.717) is 22.0 Å². The number of aryl methyl sites for hydroxylation is 1. The number of halogens is 4. The van der Waals surface area contributed by atoms with Crippen molar-refractivity contribution in [1.82, 2.24) is 10.6 Å². The molecule has 1 unspecified atom stereocenters. The molecule has 0 aliphatic rings. The van der Waals surface area contributed by atoms with E-state index < -0.39 is 29.5 Å². The number of carbonyl (C=O) groups is 2. The summed E-state index contributed by atoms with van der Waals surface area (Å²) in [6.07, 6.45) is 0.348. The minimum Gasteiger partial charge on any atom is -0.357 e. The first kappa shape index (κ1) is 20.1. The van der Waals surface area contributed by atoms with Crippen LogP contribution in [0.5, 0.6) is 0 Å². The van der Waals surface area contributed by atoms with Crippen molar-refractivity contribution in [2.45, 2.75) is 18.9 Å². The van der Waals surface area contributed by atoms with Crippen molar-refractivity contribution in [3.05, 3.63) is 69.2 Å². The first-order chi connectivity index (χ1) is 12.3. The molecule has 0 spiro atoms. The van der Waals surface area contributed by atoms with Crippen molar-refractivity contribution in [3.63, 3.8) is 0 Å². The van der Waals surface area contributed by atoms with Crippen LogP contribution in [0.25, 0.3) is 0 Å². The van der Waals surface area contributed by atoms with Gasteiger partial charge < -0.3 is 10.6 Å². The van der Waals surface area contributed by atoms with Crippen LogP contribution >= 0.6 is 23.2 Å². The van der Waals surface area contributed by atoms with E-state index >= 15 is 0 Å². The number of rotatable bonds is 6. The molecule has 2 rings (SSSR count). The first-order valence-electron chi connectivity index (χ1n) is 7.72. The molecule has 2 amide bonds. The Morgan fingerprint density at radius 3 is 2.50 bits per heavy atom. The van der Waals surface area contributed by atoms with E-state index in [1.165, 1.54) is 13.1 Å². The lowest BCUT2D eigenvalue weighted by molar-refractivity contribution is -0.128. The molecule has 0 saturated heterocycles. The number of carbonyl (C=O) groups excluding carboxylic acids is 2. The van der Waals surface area contributed by atoms with Crippen LogP contribution in [-0.2, 0) is 16.0 Å². The largest absolute Gasteiger partial charge is 0.357 e. The lowest BCUT2D eigenvalue weighted by atomic mass is 10.0. The Morgan fingerprint density at radius 1 is 1.12 bits per heavy atom. The maximum Gasteiger partial charge on any atom is 0.246 e. The van der Waals surface area contributed by atoms with E-state index in [4.69, 9.17) is 23.2 Å². The van der Waals surface area contributed by atoms with Crippen LogP contribution in [0, 0.1) is 11.6 Å². The highest BCUT2D eigenvalue weighted by atomic mass is 35.5. The zero-order valence-electron chi connectivity index (χ0n) is 13.8. The number of hydrogen-bond donors (Lipinski definition) is 2. The van der Waals surface area contributed by atoms with Crippen LogP contribution in [0.15, 0.2) is 36.4 Å². The summed E-state index contributed by atoms with van der Waals surface area (Å²) in [5.41, 5.74) is 0.830. The topological polar surface area (TPSA) is 58.2 Å². The number of benzene rings is 2. The molecule has 2 aromatic carbocycles. The Hall–Kier alpha value is -2.18. The van der Waals surface area contributed by atoms with E-state index in [0.717, 1.165) is 12.1 Å². The molecule has 8 heteroatoms. The van der Waals surface area contributed by atoms with Gasteiger partial charge in [-0.25, -0.2) is 8.78 Å². The molecule has 138 valence electrons. The lowest BCUT2D eigenvalue weighted by Gasteiger charge is -2.18. The van der Waals surface area contributed by atoms with Crippen molar-refractivity contribution < 1.29 is 18.4 Å². The van der Waals surface area contributed by atoms with Crippen molar-refractivity contribution in [2.75, 3.05) is 7.05 Å².